The lowest BCUT2D eigenvalue weighted by Crippen LogP contribution is -2.25. The zero-order valence-electron chi connectivity index (χ0n) is 13.2. The van der Waals surface area contributed by atoms with Crippen LogP contribution in [0, 0.1) is 0 Å². The minimum Gasteiger partial charge on any atom is -0.376 e. The van der Waals surface area contributed by atoms with Gasteiger partial charge in [0.2, 0.25) is 5.91 Å². The van der Waals surface area contributed by atoms with Crippen molar-refractivity contribution in [2.24, 2.45) is 0 Å². The molecule has 2 aromatic rings. The summed E-state index contributed by atoms with van der Waals surface area (Å²) in [4.78, 5) is 12.2. The summed E-state index contributed by atoms with van der Waals surface area (Å²) in [5.74, 6) is 0.0384. The molecular weight excluding hydrogens is 290 g/mol. The van der Waals surface area contributed by atoms with Crippen LogP contribution in [0.5, 0.6) is 0 Å². The van der Waals surface area contributed by atoms with Crippen LogP contribution in [-0.2, 0) is 48.4 Å². The predicted octanol–water partition coefficient (Wildman–Crippen LogP) is 1.83. The Morgan fingerprint density at radius 1 is 1.26 bits per heavy atom. The Morgan fingerprint density at radius 3 is 3.13 bits per heavy atom. The predicted molar refractivity (Wildman–Crippen MR) is 86.0 cm³/mol. The van der Waals surface area contributed by atoms with E-state index in [0.717, 1.165) is 42.0 Å². The first-order chi connectivity index (χ1) is 11.3. The fraction of sp³-hybridized carbons (Fsp3) is 0.444. The van der Waals surface area contributed by atoms with Crippen molar-refractivity contribution in [1.29, 1.82) is 0 Å². The average molecular weight is 311 g/mol. The molecule has 1 aromatic heterocycles. The van der Waals surface area contributed by atoms with Crippen LogP contribution < -0.4 is 5.32 Å². The van der Waals surface area contributed by atoms with Gasteiger partial charge in [0, 0.05) is 17.7 Å². The fourth-order valence-corrected chi connectivity index (χ4v) is 3.48. The van der Waals surface area contributed by atoms with Gasteiger partial charge in [-0.3, -0.25) is 9.89 Å². The minimum atomic E-state index is 0.0384. The summed E-state index contributed by atoms with van der Waals surface area (Å²) in [6.07, 6.45) is 4.84. The maximum absolute atomic E-state index is 12.2. The van der Waals surface area contributed by atoms with E-state index in [4.69, 9.17) is 4.74 Å². The fourth-order valence-electron chi connectivity index (χ4n) is 3.48. The van der Waals surface area contributed by atoms with Crippen molar-refractivity contribution in [3.63, 3.8) is 0 Å². The number of carbonyl (C=O) groups excluding carboxylic acids is 1. The van der Waals surface area contributed by atoms with Gasteiger partial charge >= 0.3 is 0 Å². The van der Waals surface area contributed by atoms with Crippen molar-refractivity contribution in [2.75, 3.05) is 6.61 Å². The summed E-state index contributed by atoms with van der Waals surface area (Å²) in [5.41, 5.74) is 7.08. The molecule has 2 aliphatic rings. The second-order valence-electron chi connectivity index (χ2n) is 6.34. The highest BCUT2D eigenvalue weighted by Gasteiger charge is 2.18. The highest BCUT2D eigenvalue weighted by molar-refractivity contribution is 5.78. The zero-order chi connectivity index (χ0) is 15.6. The molecule has 0 spiro atoms. The minimum absolute atomic E-state index is 0.0384. The molecular formula is C18H21N3O2. The molecule has 2 heterocycles. The Hall–Kier alpha value is -2.14. The molecule has 1 aliphatic carbocycles. The number of nitrogens with one attached hydrogen (secondary N) is 2. The molecule has 4 rings (SSSR count). The number of amides is 1. The van der Waals surface area contributed by atoms with E-state index in [1.807, 2.05) is 0 Å². The number of fused-ring (bicyclic) bond motifs is 2. The Labute approximate surface area is 135 Å². The second-order valence-corrected chi connectivity index (χ2v) is 6.34. The van der Waals surface area contributed by atoms with Crippen molar-refractivity contribution in [2.45, 2.75) is 45.3 Å². The van der Waals surface area contributed by atoms with E-state index in [0.29, 0.717) is 19.6 Å². The van der Waals surface area contributed by atoms with Crippen molar-refractivity contribution in [1.82, 2.24) is 15.5 Å². The number of hydrogen-bond acceptors (Lipinski definition) is 3. The maximum atomic E-state index is 12.2. The quantitative estimate of drug-likeness (QED) is 0.905. The number of ether oxygens (including phenoxy) is 1. The molecule has 1 aromatic carbocycles. The molecule has 5 nitrogen and oxygen atoms in total. The molecule has 0 bridgehead atoms. The second kappa shape index (κ2) is 6.16. The van der Waals surface area contributed by atoms with Gasteiger partial charge in [0.05, 0.1) is 31.9 Å². The average Bonchev–Trinajstić information content (AvgIpc) is 3.19. The third kappa shape index (κ3) is 3.01. The normalized spacial score (nSPS) is 16.0. The molecule has 1 aliphatic heterocycles. The van der Waals surface area contributed by atoms with Crippen LogP contribution in [0.4, 0.5) is 0 Å². The molecule has 23 heavy (non-hydrogen) atoms. The van der Waals surface area contributed by atoms with Crippen molar-refractivity contribution < 1.29 is 9.53 Å². The third-order valence-electron chi connectivity index (χ3n) is 4.76. The topological polar surface area (TPSA) is 67.0 Å². The Morgan fingerprint density at radius 2 is 2.17 bits per heavy atom. The number of benzene rings is 1. The summed E-state index contributed by atoms with van der Waals surface area (Å²) in [6, 6.07) is 6.44. The molecule has 5 heteroatoms. The van der Waals surface area contributed by atoms with Crippen LogP contribution in [0.1, 0.15) is 40.1 Å². The van der Waals surface area contributed by atoms with Gasteiger partial charge in [0.1, 0.15) is 0 Å². The van der Waals surface area contributed by atoms with Gasteiger partial charge < -0.3 is 10.1 Å². The lowest BCUT2D eigenvalue weighted by atomic mass is 10.0. The number of hydrogen-bond donors (Lipinski definition) is 2. The van der Waals surface area contributed by atoms with Gasteiger partial charge in [0.15, 0.2) is 0 Å². The summed E-state index contributed by atoms with van der Waals surface area (Å²) >= 11 is 0. The van der Waals surface area contributed by atoms with Gasteiger partial charge in [-0.05, 0) is 36.0 Å². The Kier molecular flexibility index (Phi) is 3.87. The molecule has 0 fully saturated rings. The van der Waals surface area contributed by atoms with E-state index in [9.17, 15) is 4.79 Å². The maximum Gasteiger partial charge on any atom is 0.224 e. The summed E-state index contributed by atoms with van der Waals surface area (Å²) in [6.45, 7) is 1.78. The number of aryl methyl sites for hydroxylation is 2. The molecule has 1 amide bonds. The van der Waals surface area contributed by atoms with Gasteiger partial charge in [-0.15, -0.1) is 0 Å². The molecule has 2 N–H and O–H groups in total. The van der Waals surface area contributed by atoms with Crippen LogP contribution in [0.25, 0.3) is 0 Å². The summed E-state index contributed by atoms with van der Waals surface area (Å²) in [7, 11) is 0. The number of nitrogens with zero attached hydrogens (tertiary/aromatic N) is 1. The molecule has 120 valence electrons. The van der Waals surface area contributed by atoms with Gasteiger partial charge in [-0.1, -0.05) is 18.2 Å². The van der Waals surface area contributed by atoms with E-state index >= 15 is 0 Å². The molecule has 0 atom stereocenters. The SMILES string of the molecule is O=C(Cc1ccc2c(c1)CCC2)NCc1n[nH]c2c1COCC2. The highest BCUT2D eigenvalue weighted by Crippen LogP contribution is 2.23. The zero-order valence-corrected chi connectivity index (χ0v) is 13.2. The van der Waals surface area contributed by atoms with Crippen molar-refractivity contribution in [3.8, 4) is 0 Å². The Bertz CT molecular complexity index is 736. The number of aromatic amines is 1. The number of carbonyl (C=O) groups is 1. The van der Waals surface area contributed by atoms with Crippen LogP contribution in [0.15, 0.2) is 18.2 Å². The largest absolute Gasteiger partial charge is 0.376 e. The molecule has 0 saturated carbocycles. The Balaban J connectivity index is 1.36. The molecule has 0 unspecified atom stereocenters. The van der Waals surface area contributed by atoms with E-state index in [-0.39, 0.29) is 5.91 Å². The van der Waals surface area contributed by atoms with Gasteiger partial charge in [0.25, 0.3) is 0 Å². The highest BCUT2D eigenvalue weighted by atomic mass is 16.5. The lowest BCUT2D eigenvalue weighted by molar-refractivity contribution is -0.120. The van der Waals surface area contributed by atoms with Crippen molar-refractivity contribution >= 4 is 5.91 Å². The summed E-state index contributed by atoms with van der Waals surface area (Å²) < 4.78 is 5.47. The smallest absolute Gasteiger partial charge is 0.224 e. The number of aromatic nitrogens is 2. The monoisotopic (exact) mass is 311 g/mol. The van der Waals surface area contributed by atoms with E-state index in [1.165, 1.54) is 24.0 Å². The first-order valence-corrected chi connectivity index (χ1v) is 8.30. The van der Waals surface area contributed by atoms with Crippen LogP contribution in [0.3, 0.4) is 0 Å². The van der Waals surface area contributed by atoms with Gasteiger partial charge in [-0.2, -0.15) is 5.10 Å². The van der Waals surface area contributed by atoms with Crippen LogP contribution in [-0.4, -0.2) is 22.7 Å². The van der Waals surface area contributed by atoms with Gasteiger partial charge in [-0.25, -0.2) is 0 Å². The van der Waals surface area contributed by atoms with Crippen molar-refractivity contribution in [3.05, 3.63) is 51.8 Å². The van der Waals surface area contributed by atoms with Crippen LogP contribution >= 0.6 is 0 Å². The number of H-pyrrole nitrogens is 1. The molecule has 0 saturated heterocycles. The van der Waals surface area contributed by atoms with E-state index < -0.39 is 0 Å². The third-order valence-corrected chi connectivity index (χ3v) is 4.76. The number of rotatable bonds is 4. The van der Waals surface area contributed by atoms with E-state index in [1.54, 1.807) is 0 Å². The molecule has 0 radical (unpaired) electrons. The van der Waals surface area contributed by atoms with E-state index in [2.05, 4.69) is 33.7 Å². The lowest BCUT2D eigenvalue weighted by Gasteiger charge is -2.12. The van der Waals surface area contributed by atoms with Crippen LogP contribution in [0.2, 0.25) is 0 Å². The first kappa shape index (κ1) is 14.5. The first-order valence-electron chi connectivity index (χ1n) is 8.30. The standard InChI is InChI=1S/C18H21N3O2/c22-18(9-12-4-5-13-2-1-3-14(13)8-12)19-10-17-15-11-23-7-6-16(15)20-21-17/h4-5,8H,1-3,6-7,9-11H2,(H,19,22)(H,20,21). The summed E-state index contributed by atoms with van der Waals surface area (Å²) in [5, 5.41) is 10.3.